The molecule has 1 heterocycles. The first kappa shape index (κ1) is 6.65. The number of aromatic nitrogens is 1. The molecule has 1 N–H and O–H groups in total. The second-order valence-electron chi connectivity index (χ2n) is 3.31. The van der Waals surface area contributed by atoms with E-state index in [0.29, 0.717) is 18.1 Å². The molecule has 0 saturated heterocycles. The number of aromatic amines is 1. The molecule has 0 aromatic carbocycles. The lowest BCUT2D eigenvalue weighted by atomic mass is 9.88. The number of nitrogens with one attached hydrogen (secondary N) is 1. The maximum Gasteiger partial charge on any atom is 0.164 e. The van der Waals surface area contributed by atoms with Crippen LogP contribution in [-0.4, -0.2) is 10.8 Å². The van der Waals surface area contributed by atoms with Gasteiger partial charge in [-0.3, -0.25) is 4.79 Å². The molecule has 0 radical (unpaired) electrons. The average molecular weight is 149 g/mol. The lowest BCUT2D eigenvalue weighted by Gasteiger charge is -2.16. The van der Waals surface area contributed by atoms with Gasteiger partial charge >= 0.3 is 0 Å². The molecule has 2 rings (SSSR count). The fourth-order valence-corrected chi connectivity index (χ4v) is 1.68. The number of hydrogen-bond acceptors (Lipinski definition) is 1. The van der Waals surface area contributed by atoms with Crippen LogP contribution in [0.5, 0.6) is 0 Å². The molecule has 11 heavy (non-hydrogen) atoms. The molecule has 2 nitrogen and oxygen atoms in total. The summed E-state index contributed by atoms with van der Waals surface area (Å²) in [5, 5.41) is 0. The zero-order valence-electron chi connectivity index (χ0n) is 6.55. The number of Topliss-reactive ketones (excluding diaryl/α,β-unsaturated/α-hetero) is 1. The van der Waals surface area contributed by atoms with Crippen molar-refractivity contribution in [3.8, 4) is 0 Å². The van der Waals surface area contributed by atoms with Crippen LogP contribution in [0.15, 0.2) is 12.3 Å². The monoisotopic (exact) mass is 149 g/mol. The van der Waals surface area contributed by atoms with Crippen molar-refractivity contribution >= 4 is 5.78 Å². The Morgan fingerprint density at radius 3 is 3.18 bits per heavy atom. The van der Waals surface area contributed by atoms with Crippen LogP contribution in [-0.2, 0) is 6.42 Å². The summed E-state index contributed by atoms with van der Waals surface area (Å²) in [6.45, 7) is 2.11. The lowest BCUT2D eigenvalue weighted by molar-refractivity contribution is 0.0953. The summed E-state index contributed by atoms with van der Waals surface area (Å²) in [5.74, 6) is 0.800. The van der Waals surface area contributed by atoms with E-state index in [2.05, 4.69) is 11.9 Å². The Morgan fingerprint density at radius 2 is 2.36 bits per heavy atom. The number of hydrogen-bond donors (Lipinski definition) is 1. The molecule has 0 aliphatic heterocycles. The maximum absolute atomic E-state index is 11.3. The summed E-state index contributed by atoms with van der Waals surface area (Å²) >= 11 is 0. The highest BCUT2D eigenvalue weighted by atomic mass is 16.1. The first-order chi connectivity index (χ1) is 5.27. The third kappa shape index (κ3) is 0.985. The van der Waals surface area contributed by atoms with Crippen LogP contribution < -0.4 is 0 Å². The first-order valence-electron chi connectivity index (χ1n) is 3.97. The highest BCUT2D eigenvalue weighted by molar-refractivity contribution is 5.98. The molecule has 0 fully saturated rings. The summed E-state index contributed by atoms with van der Waals surface area (Å²) in [6, 6.07) is 1.88. The normalized spacial score (nSPS) is 23.4. The fraction of sp³-hybridized carbons (Fsp3) is 0.444. The molecule has 0 spiro atoms. The molecule has 1 atom stereocenters. The Hall–Kier alpha value is -1.05. The van der Waals surface area contributed by atoms with E-state index < -0.39 is 0 Å². The number of fused-ring (bicyclic) bond motifs is 1. The van der Waals surface area contributed by atoms with Gasteiger partial charge in [-0.1, -0.05) is 6.92 Å². The molecular formula is C9H11NO. The van der Waals surface area contributed by atoms with Gasteiger partial charge in [0.25, 0.3) is 0 Å². The minimum atomic E-state index is 0.292. The summed E-state index contributed by atoms with van der Waals surface area (Å²) in [6.07, 6.45) is 3.58. The third-order valence-corrected chi connectivity index (χ3v) is 2.22. The zero-order valence-corrected chi connectivity index (χ0v) is 6.55. The van der Waals surface area contributed by atoms with Gasteiger partial charge in [-0.05, 0) is 18.4 Å². The number of carbonyl (C=O) groups excluding carboxylic acids is 1. The maximum atomic E-state index is 11.3. The highest BCUT2D eigenvalue weighted by Gasteiger charge is 2.22. The SMILES string of the molecule is CC1CC(=O)c2cc[nH]c2C1. The number of carbonyl (C=O) groups is 1. The van der Waals surface area contributed by atoms with Crippen LogP contribution in [0.4, 0.5) is 0 Å². The quantitative estimate of drug-likeness (QED) is 0.599. The molecule has 1 aromatic heterocycles. The van der Waals surface area contributed by atoms with Crippen LogP contribution in [0, 0.1) is 5.92 Å². The van der Waals surface area contributed by atoms with Crippen molar-refractivity contribution in [3.05, 3.63) is 23.5 Å². The molecule has 1 aromatic rings. The van der Waals surface area contributed by atoms with Gasteiger partial charge in [0.05, 0.1) is 0 Å². The summed E-state index contributed by atoms with van der Waals surface area (Å²) < 4.78 is 0. The van der Waals surface area contributed by atoms with E-state index in [1.54, 1.807) is 0 Å². The molecule has 1 aliphatic carbocycles. The molecule has 0 amide bonds. The number of H-pyrrole nitrogens is 1. The van der Waals surface area contributed by atoms with E-state index >= 15 is 0 Å². The Kier molecular flexibility index (Phi) is 1.34. The van der Waals surface area contributed by atoms with Crippen molar-refractivity contribution in [3.63, 3.8) is 0 Å². The standard InChI is InChI=1S/C9H11NO/c1-6-4-8-7(2-3-10-8)9(11)5-6/h2-3,6,10H,4-5H2,1H3. The second-order valence-corrected chi connectivity index (χ2v) is 3.31. The van der Waals surface area contributed by atoms with Crippen LogP contribution in [0.1, 0.15) is 29.4 Å². The van der Waals surface area contributed by atoms with Gasteiger partial charge < -0.3 is 4.98 Å². The Balaban J connectivity index is 2.44. The number of ketones is 1. The van der Waals surface area contributed by atoms with E-state index in [1.807, 2.05) is 12.3 Å². The summed E-state index contributed by atoms with van der Waals surface area (Å²) in [5.41, 5.74) is 2.02. The summed E-state index contributed by atoms with van der Waals surface area (Å²) in [7, 11) is 0. The van der Waals surface area contributed by atoms with E-state index in [1.165, 1.54) is 0 Å². The highest BCUT2D eigenvalue weighted by Crippen LogP contribution is 2.23. The third-order valence-electron chi connectivity index (χ3n) is 2.22. The van der Waals surface area contributed by atoms with Gasteiger partial charge in [-0.25, -0.2) is 0 Å². The van der Waals surface area contributed by atoms with Crippen molar-refractivity contribution in [2.45, 2.75) is 19.8 Å². The predicted molar refractivity (Wildman–Crippen MR) is 42.6 cm³/mol. The zero-order chi connectivity index (χ0) is 7.84. The van der Waals surface area contributed by atoms with Gasteiger partial charge in [0, 0.05) is 23.9 Å². The first-order valence-corrected chi connectivity index (χ1v) is 3.97. The van der Waals surface area contributed by atoms with E-state index in [0.717, 1.165) is 17.7 Å². The molecule has 1 aliphatic rings. The van der Waals surface area contributed by atoms with Crippen LogP contribution >= 0.6 is 0 Å². The average Bonchev–Trinajstić information content (AvgIpc) is 2.34. The Morgan fingerprint density at radius 1 is 1.55 bits per heavy atom. The molecule has 58 valence electrons. The largest absolute Gasteiger partial charge is 0.364 e. The molecule has 1 unspecified atom stereocenters. The van der Waals surface area contributed by atoms with Crippen LogP contribution in [0.25, 0.3) is 0 Å². The molecule has 0 saturated carbocycles. The van der Waals surface area contributed by atoms with Crippen molar-refractivity contribution in [1.29, 1.82) is 0 Å². The Labute approximate surface area is 65.6 Å². The molecule has 0 bridgehead atoms. The van der Waals surface area contributed by atoms with Crippen molar-refractivity contribution in [1.82, 2.24) is 4.98 Å². The van der Waals surface area contributed by atoms with Crippen molar-refractivity contribution in [2.24, 2.45) is 5.92 Å². The summed E-state index contributed by atoms with van der Waals surface area (Å²) in [4.78, 5) is 14.4. The Bertz CT molecular complexity index is 288. The van der Waals surface area contributed by atoms with E-state index in [-0.39, 0.29) is 0 Å². The van der Waals surface area contributed by atoms with Gasteiger partial charge in [-0.2, -0.15) is 0 Å². The lowest BCUT2D eigenvalue weighted by Crippen LogP contribution is -2.16. The van der Waals surface area contributed by atoms with Crippen LogP contribution in [0.2, 0.25) is 0 Å². The van der Waals surface area contributed by atoms with Gasteiger partial charge in [0.1, 0.15) is 0 Å². The van der Waals surface area contributed by atoms with E-state index in [9.17, 15) is 4.79 Å². The van der Waals surface area contributed by atoms with Gasteiger partial charge in [0.15, 0.2) is 5.78 Å². The molecular weight excluding hydrogens is 138 g/mol. The molecule has 2 heteroatoms. The topological polar surface area (TPSA) is 32.9 Å². The van der Waals surface area contributed by atoms with E-state index in [4.69, 9.17) is 0 Å². The number of rotatable bonds is 0. The van der Waals surface area contributed by atoms with Gasteiger partial charge in [-0.15, -0.1) is 0 Å². The fourth-order valence-electron chi connectivity index (χ4n) is 1.68. The second kappa shape index (κ2) is 2.22. The minimum Gasteiger partial charge on any atom is -0.364 e. The van der Waals surface area contributed by atoms with Crippen molar-refractivity contribution < 1.29 is 4.79 Å². The van der Waals surface area contributed by atoms with Crippen LogP contribution in [0.3, 0.4) is 0 Å². The minimum absolute atomic E-state index is 0.292. The van der Waals surface area contributed by atoms with Crippen molar-refractivity contribution in [2.75, 3.05) is 0 Å². The predicted octanol–water partition coefficient (Wildman–Crippen LogP) is 1.78. The smallest absolute Gasteiger partial charge is 0.164 e. The van der Waals surface area contributed by atoms with Gasteiger partial charge in [0.2, 0.25) is 0 Å².